The molecule has 0 aliphatic rings. The van der Waals surface area contributed by atoms with E-state index in [2.05, 4.69) is 15.6 Å². The SMILES string of the molecule is CCOc1cc(Cl)ccc1CNC(=NC)NC(C)COC. The summed E-state index contributed by atoms with van der Waals surface area (Å²) in [4.78, 5) is 4.19. The van der Waals surface area contributed by atoms with Crippen LogP contribution in [-0.2, 0) is 11.3 Å². The Hall–Kier alpha value is -1.46. The summed E-state index contributed by atoms with van der Waals surface area (Å²) in [5.41, 5.74) is 1.03. The van der Waals surface area contributed by atoms with Crippen molar-refractivity contribution < 1.29 is 9.47 Å². The number of aliphatic imine (C=N–C) groups is 1. The first-order valence-corrected chi connectivity index (χ1v) is 7.35. The summed E-state index contributed by atoms with van der Waals surface area (Å²) in [6, 6.07) is 5.81. The Bertz CT molecular complexity index is 466. The van der Waals surface area contributed by atoms with E-state index in [0.717, 1.165) is 17.3 Å². The summed E-state index contributed by atoms with van der Waals surface area (Å²) in [6.45, 7) is 5.80. The van der Waals surface area contributed by atoms with Crippen molar-refractivity contribution in [1.82, 2.24) is 10.6 Å². The second-order valence-electron chi connectivity index (χ2n) is 4.61. The van der Waals surface area contributed by atoms with Crippen LogP contribution in [0.15, 0.2) is 23.2 Å². The number of nitrogens with zero attached hydrogens (tertiary/aromatic N) is 1. The topological polar surface area (TPSA) is 54.9 Å². The summed E-state index contributed by atoms with van der Waals surface area (Å²) < 4.78 is 10.7. The highest BCUT2D eigenvalue weighted by molar-refractivity contribution is 6.30. The first-order valence-electron chi connectivity index (χ1n) is 6.98. The zero-order valence-corrected chi connectivity index (χ0v) is 13.8. The van der Waals surface area contributed by atoms with Crippen LogP contribution in [0.5, 0.6) is 5.75 Å². The zero-order valence-electron chi connectivity index (χ0n) is 13.1. The second-order valence-corrected chi connectivity index (χ2v) is 5.05. The molecule has 0 fully saturated rings. The maximum atomic E-state index is 6.00. The Balaban J connectivity index is 2.64. The fraction of sp³-hybridized carbons (Fsp3) is 0.533. The van der Waals surface area contributed by atoms with E-state index in [1.807, 2.05) is 32.0 Å². The van der Waals surface area contributed by atoms with Crippen LogP contribution in [0.2, 0.25) is 5.02 Å². The lowest BCUT2D eigenvalue weighted by atomic mass is 10.2. The molecule has 1 rings (SSSR count). The van der Waals surface area contributed by atoms with Gasteiger partial charge in [-0.3, -0.25) is 4.99 Å². The van der Waals surface area contributed by atoms with E-state index in [1.165, 1.54) is 0 Å². The number of ether oxygens (including phenoxy) is 2. The third-order valence-electron chi connectivity index (χ3n) is 2.80. The van der Waals surface area contributed by atoms with Crippen molar-refractivity contribution in [2.45, 2.75) is 26.4 Å². The van der Waals surface area contributed by atoms with Crippen LogP contribution < -0.4 is 15.4 Å². The van der Waals surface area contributed by atoms with Crippen molar-refractivity contribution >= 4 is 17.6 Å². The third-order valence-corrected chi connectivity index (χ3v) is 3.03. The molecule has 0 heterocycles. The number of hydrogen-bond acceptors (Lipinski definition) is 3. The van der Waals surface area contributed by atoms with Gasteiger partial charge >= 0.3 is 0 Å². The summed E-state index contributed by atoms with van der Waals surface area (Å²) in [5, 5.41) is 7.17. The average molecular weight is 314 g/mol. The summed E-state index contributed by atoms with van der Waals surface area (Å²) in [6.07, 6.45) is 0. The number of halogens is 1. The lowest BCUT2D eigenvalue weighted by molar-refractivity contribution is 0.179. The molecule has 0 saturated heterocycles. The highest BCUT2D eigenvalue weighted by atomic mass is 35.5. The quantitative estimate of drug-likeness (QED) is 0.600. The monoisotopic (exact) mass is 313 g/mol. The highest BCUT2D eigenvalue weighted by Gasteiger charge is 2.08. The van der Waals surface area contributed by atoms with Crippen LogP contribution in [0.3, 0.4) is 0 Å². The molecular weight excluding hydrogens is 290 g/mol. The Kier molecular flexibility index (Phi) is 7.93. The summed E-state index contributed by atoms with van der Waals surface area (Å²) in [5.74, 6) is 1.51. The van der Waals surface area contributed by atoms with Crippen molar-refractivity contribution in [2.75, 3.05) is 27.4 Å². The van der Waals surface area contributed by atoms with Crippen LogP contribution >= 0.6 is 11.6 Å². The first-order chi connectivity index (χ1) is 10.1. The van der Waals surface area contributed by atoms with Gasteiger partial charge in [-0.05, 0) is 26.0 Å². The van der Waals surface area contributed by atoms with E-state index in [1.54, 1.807) is 14.2 Å². The van der Waals surface area contributed by atoms with Crippen molar-refractivity contribution in [2.24, 2.45) is 4.99 Å². The minimum atomic E-state index is 0.179. The van der Waals surface area contributed by atoms with Crippen LogP contribution in [0.25, 0.3) is 0 Å². The van der Waals surface area contributed by atoms with Crippen LogP contribution in [0, 0.1) is 0 Å². The molecule has 1 unspecified atom stereocenters. The molecule has 0 aromatic heterocycles. The Morgan fingerprint density at radius 1 is 1.43 bits per heavy atom. The number of methoxy groups -OCH3 is 1. The standard InChI is InChI=1S/C15H24ClN3O2/c1-5-21-14-8-13(16)7-6-12(14)9-18-15(17-3)19-11(2)10-20-4/h6-8,11H,5,9-10H2,1-4H3,(H2,17,18,19). The van der Waals surface area contributed by atoms with E-state index >= 15 is 0 Å². The summed E-state index contributed by atoms with van der Waals surface area (Å²) >= 11 is 6.00. The van der Waals surface area contributed by atoms with Gasteiger partial charge in [0, 0.05) is 37.3 Å². The molecule has 1 aromatic carbocycles. The van der Waals surface area contributed by atoms with E-state index in [-0.39, 0.29) is 6.04 Å². The number of benzene rings is 1. The van der Waals surface area contributed by atoms with E-state index in [4.69, 9.17) is 21.1 Å². The van der Waals surface area contributed by atoms with Crippen molar-refractivity contribution in [3.63, 3.8) is 0 Å². The first kappa shape index (κ1) is 17.6. The molecular formula is C15H24ClN3O2. The third kappa shape index (κ3) is 6.23. The average Bonchev–Trinajstić information content (AvgIpc) is 2.45. The molecule has 1 atom stereocenters. The fourth-order valence-corrected chi connectivity index (χ4v) is 2.03. The number of nitrogens with one attached hydrogen (secondary N) is 2. The molecule has 21 heavy (non-hydrogen) atoms. The van der Waals surface area contributed by atoms with Crippen molar-refractivity contribution in [3.8, 4) is 5.75 Å². The van der Waals surface area contributed by atoms with Gasteiger partial charge in [-0.25, -0.2) is 0 Å². The Morgan fingerprint density at radius 3 is 2.81 bits per heavy atom. The van der Waals surface area contributed by atoms with Gasteiger partial charge in [-0.2, -0.15) is 0 Å². The molecule has 0 aliphatic carbocycles. The second kappa shape index (κ2) is 9.47. The van der Waals surface area contributed by atoms with Crippen LogP contribution in [0.1, 0.15) is 19.4 Å². The van der Waals surface area contributed by atoms with Gasteiger partial charge in [-0.1, -0.05) is 17.7 Å². The van der Waals surface area contributed by atoms with E-state index in [0.29, 0.717) is 24.8 Å². The summed E-state index contributed by atoms with van der Waals surface area (Å²) in [7, 11) is 3.41. The van der Waals surface area contributed by atoms with E-state index in [9.17, 15) is 0 Å². The molecule has 5 nitrogen and oxygen atoms in total. The maximum Gasteiger partial charge on any atom is 0.191 e. The van der Waals surface area contributed by atoms with Crippen LogP contribution in [-0.4, -0.2) is 39.4 Å². The molecule has 0 aliphatic heterocycles. The van der Waals surface area contributed by atoms with Crippen molar-refractivity contribution in [1.29, 1.82) is 0 Å². The normalized spacial score (nSPS) is 12.9. The molecule has 2 N–H and O–H groups in total. The number of rotatable bonds is 7. The van der Waals surface area contributed by atoms with Gasteiger partial charge in [0.2, 0.25) is 0 Å². The molecule has 0 radical (unpaired) electrons. The minimum Gasteiger partial charge on any atom is -0.493 e. The molecule has 6 heteroatoms. The zero-order chi connectivity index (χ0) is 15.7. The molecule has 0 spiro atoms. The van der Waals surface area contributed by atoms with E-state index < -0.39 is 0 Å². The molecule has 0 saturated carbocycles. The maximum absolute atomic E-state index is 6.00. The van der Waals surface area contributed by atoms with Gasteiger partial charge in [0.25, 0.3) is 0 Å². The van der Waals surface area contributed by atoms with Gasteiger partial charge < -0.3 is 20.1 Å². The van der Waals surface area contributed by atoms with Gasteiger partial charge in [0.15, 0.2) is 5.96 Å². The van der Waals surface area contributed by atoms with Gasteiger partial charge in [0.1, 0.15) is 5.75 Å². The smallest absolute Gasteiger partial charge is 0.191 e. The molecule has 0 amide bonds. The Labute approximate surface area is 131 Å². The predicted octanol–water partition coefficient (Wildman–Crippen LogP) is 2.44. The minimum absolute atomic E-state index is 0.179. The largest absolute Gasteiger partial charge is 0.493 e. The molecule has 0 bridgehead atoms. The lowest BCUT2D eigenvalue weighted by Crippen LogP contribution is -2.43. The molecule has 118 valence electrons. The van der Waals surface area contributed by atoms with Crippen LogP contribution in [0.4, 0.5) is 0 Å². The lowest BCUT2D eigenvalue weighted by Gasteiger charge is -2.18. The van der Waals surface area contributed by atoms with Gasteiger partial charge in [0.05, 0.1) is 13.2 Å². The van der Waals surface area contributed by atoms with Gasteiger partial charge in [-0.15, -0.1) is 0 Å². The molecule has 1 aromatic rings. The fourth-order valence-electron chi connectivity index (χ4n) is 1.86. The predicted molar refractivity (Wildman–Crippen MR) is 87.3 cm³/mol. The number of hydrogen-bond donors (Lipinski definition) is 2. The van der Waals surface area contributed by atoms with Crippen molar-refractivity contribution in [3.05, 3.63) is 28.8 Å². The number of guanidine groups is 1. The Morgan fingerprint density at radius 2 is 2.19 bits per heavy atom. The highest BCUT2D eigenvalue weighted by Crippen LogP contribution is 2.23.